The van der Waals surface area contributed by atoms with Crippen molar-refractivity contribution in [1.29, 1.82) is 0 Å². The second kappa shape index (κ2) is 7.61. The van der Waals surface area contributed by atoms with Gasteiger partial charge in [0.1, 0.15) is 5.75 Å². The molecule has 0 saturated heterocycles. The Balaban J connectivity index is 1.98. The number of hydrogen-bond donors (Lipinski definition) is 1. The van der Waals surface area contributed by atoms with Crippen LogP contribution in [0.1, 0.15) is 20.8 Å². The van der Waals surface area contributed by atoms with Crippen molar-refractivity contribution in [2.24, 2.45) is 5.92 Å². The molecule has 0 aliphatic heterocycles. The standard InChI is InChI=1S/C16H23N3O3S/c1-13(2)12-22-15-5-7-16(8-6-15)23(20,21)18-14(3)11-19-10-4-9-17-19/h4-10,13-14,18H,11-12H2,1-3H3. The fourth-order valence-corrected chi connectivity index (χ4v) is 3.27. The van der Waals surface area contributed by atoms with E-state index in [1.807, 2.05) is 0 Å². The van der Waals surface area contributed by atoms with Crippen LogP contribution < -0.4 is 9.46 Å². The van der Waals surface area contributed by atoms with Crippen molar-refractivity contribution in [3.63, 3.8) is 0 Å². The molecule has 1 heterocycles. The highest BCUT2D eigenvalue weighted by atomic mass is 32.2. The van der Waals surface area contributed by atoms with E-state index in [2.05, 4.69) is 23.7 Å². The molecule has 1 aromatic carbocycles. The third-order valence-electron chi connectivity index (χ3n) is 3.09. The maximum absolute atomic E-state index is 12.4. The minimum absolute atomic E-state index is 0.224. The topological polar surface area (TPSA) is 73.2 Å². The summed E-state index contributed by atoms with van der Waals surface area (Å²) in [6.45, 7) is 7.00. The van der Waals surface area contributed by atoms with Crippen LogP contribution in [0.25, 0.3) is 0 Å². The summed E-state index contributed by atoms with van der Waals surface area (Å²) in [6.07, 6.45) is 3.46. The van der Waals surface area contributed by atoms with Crippen LogP contribution in [0.4, 0.5) is 0 Å². The Morgan fingerprint density at radius 1 is 1.22 bits per heavy atom. The zero-order chi connectivity index (χ0) is 16.9. The molecule has 1 N–H and O–H groups in total. The van der Waals surface area contributed by atoms with Gasteiger partial charge in [0.05, 0.1) is 18.0 Å². The predicted molar refractivity (Wildman–Crippen MR) is 88.8 cm³/mol. The van der Waals surface area contributed by atoms with E-state index in [1.165, 1.54) is 0 Å². The number of rotatable bonds is 8. The highest BCUT2D eigenvalue weighted by Crippen LogP contribution is 2.17. The van der Waals surface area contributed by atoms with Crippen LogP contribution in [0, 0.1) is 5.92 Å². The van der Waals surface area contributed by atoms with Gasteiger partial charge < -0.3 is 4.74 Å². The van der Waals surface area contributed by atoms with Crippen LogP contribution in [0.3, 0.4) is 0 Å². The summed E-state index contributed by atoms with van der Waals surface area (Å²) in [5.74, 6) is 1.09. The highest BCUT2D eigenvalue weighted by molar-refractivity contribution is 7.89. The first-order valence-corrected chi connectivity index (χ1v) is 9.08. The van der Waals surface area contributed by atoms with Gasteiger partial charge in [-0.25, -0.2) is 13.1 Å². The second-order valence-electron chi connectivity index (χ2n) is 5.93. The van der Waals surface area contributed by atoms with Crippen LogP contribution in [0.15, 0.2) is 47.6 Å². The molecule has 23 heavy (non-hydrogen) atoms. The zero-order valence-corrected chi connectivity index (χ0v) is 14.5. The molecule has 1 unspecified atom stereocenters. The van der Waals surface area contributed by atoms with Gasteiger partial charge in [0.2, 0.25) is 10.0 Å². The Labute approximate surface area is 137 Å². The third-order valence-corrected chi connectivity index (χ3v) is 4.70. The van der Waals surface area contributed by atoms with Gasteiger partial charge in [-0.1, -0.05) is 13.8 Å². The number of hydrogen-bond acceptors (Lipinski definition) is 4. The van der Waals surface area contributed by atoms with Gasteiger partial charge in [-0.3, -0.25) is 4.68 Å². The number of sulfonamides is 1. The van der Waals surface area contributed by atoms with Crippen LogP contribution in [-0.4, -0.2) is 30.8 Å². The maximum Gasteiger partial charge on any atom is 0.240 e. The van der Waals surface area contributed by atoms with E-state index in [9.17, 15) is 8.42 Å². The Morgan fingerprint density at radius 3 is 2.48 bits per heavy atom. The van der Waals surface area contributed by atoms with Crippen molar-refractivity contribution in [2.75, 3.05) is 6.61 Å². The smallest absolute Gasteiger partial charge is 0.240 e. The molecule has 0 fully saturated rings. The molecule has 7 heteroatoms. The van der Waals surface area contributed by atoms with Gasteiger partial charge in [-0.15, -0.1) is 0 Å². The third kappa shape index (κ3) is 5.37. The molecule has 0 amide bonds. The van der Waals surface area contributed by atoms with E-state index in [0.717, 1.165) is 0 Å². The van der Waals surface area contributed by atoms with Crippen LogP contribution in [-0.2, 0) is 16.6 Å². The Kier molecular flexibility index (Phi) is 5.79. The average Bonchev–Trinajstić information content (AvgIpc) is 2.97. The zero-order valence-electron chi connectivity index (χ0n) is 13.6. The molecule has 0 spiro atoms. The first-order chi connectivity index (χ1) is 10.9. The lowest BCUT2D eigenvalue weighted by Gasteiger charge is -2.15. The van der Waals surface area contributed by atoms with Gasteiger partial charge in [-0.2, -0.15) is 5.10 Å². The lowest BCUT2D eigenvalue weighted by molar-refractivity contribution is 0.271. The van der Waals surface area contributed by atoms with Gasteiger partial charge in [-0.05, 0) is 43.2 Å². The summed E-state index contributed by atoms with van der Waals surface area (Å²) in [5, 5.41) is 4.07. The summed E-state index contributed by atoms with van der Waals surface area (Å²) in [7, 11) is -3.56. The Morgan fingerprint density at radius 2 is 1.91 bits per heavy atom. The van der Waals surface area contributed by atoms with E-state index in [1.54, 1.807) is 54.3 Å². The fourth-order valence-electron chi connectivity index (χ4n) is 2.04. The molecular formula is C16H23N3O3S. The molecule has 1 aromatic heterocycles. The molecule has 0 bridgehead atoms. The fraction of sp³-hybridized carbons (Fsp3) is 0.438. The molecule has 2 aromatic rings. The molecule has 6 nitrogen and oxygen atoms in total. The van der Waals surface area contributed by atoms with E-state index in [4.69, 9.17) is 4.74 Å². The second-order valence-corrected chi connectivity index (χ2v) is 7.64. The van der Waals surface area contributed by atoms with E-state index < -0.39 is 10.0 Å². The van der Waals surface area contributed by atoms with Gasteiger partial charge >= 0.3 is 0 Å². The van der Waals surface area contributed by atoms with E-state index in [-0.39, 0.29) is 10.9 Å². The normalized spacial score (nSPS) is 13.2. The van der Waals surface area contributed by atoms with Crippen LogP contribution in [0.2, 0.25) is 0 Å². The molecule has 0 saturated carbocycles. The maximum atomic E-state index is 12.4. The van der Waals surface area contributed by atoms with Crippen molar-refractivity contribution in [3.8, 4) is 5.75 Å². The largest absolute Gasteiger partial charge is 0.493 e. The molecular weight excluding hydrogens is 314 g/mol. The van der Waals surface area contributed by atoms with Crippen molar-refractivity contribution in [1.82, 2.24) is 14.5 Å². The van der Waals surface area contributed by atoms with Gasteiger partial charge in [0.25, 0.3) is 0 Å². The summed E-state index contributed by atoms with van der Waals surface area (Å²) in [4.78, 5) is 0.224. The van der Waals surface area contributed by atoms with E-state index >= 15 is 0 Å². The summed E-state index contributed by atoms with van der Waals surface area (Å²) < 4.78 is 34.6. The van der Waals surface area contributed by atoms with E-state index in [0.29, 0.717) is 24.8 Å². The summed E-state index contributed by atoms with van der Waals surface area (Å²) in [6, 6.07) is 8.00. The number of ether oxygens (including phenoxy) is 1. The summed E-state index contributed by atoms with van der Waals surface area (Å²) >= 11 is 0. The lowest BCUT2D eigenvalue weighted by Crippen LogP contribution is -2.35. The first-order valence-electron chi connectivity index (χ1n) is 7.59. The van der Waals surface area contributed by atoms with Crippen molar-refractivity contribution in [3.05, 3.63) is 42.7 Å². The first kappa shape index (κ1) is 17.5. The minimum Gasteiger partial charge on any atom is -0.493 e. The number of nitrogens with zero attached hydrogens (tertiary/aromatic N) is 2. The van der Waals surface area contributed by atoms with Gasteiger partial charge in [0, 0.05) is 18.4 Å². The van der Waals surface area contributed by atoms with Crippen LogP contribution >= 0.6 is 0 Å². The van der Waals surface area contributed by atoms with Crippen molar-refractivity contribution >= 4 is 10.0 Å². The monoisotopic (exact) mass is 337 g/mol. The molecule has 126 valence electrons. The molecule has 0 radical (unpaired) electrons. The summed E-state index contributed by atoms with van der Waals surface area (Å²) in [5.41, 5.74) is 0. The Hall–Kier alpha value is -1.86. The number of aromatic nitrogens is 2. The van der Waals surface area contributed by atoms with Gasteiger partial charge in [0.15, 0.2) is 0 Å². The Bertz CT molecular complexity index is 695. The van der Waals surface area contributed by atoms with Crippen LogP contribution in [0.5, 0.6) is 5.75 Å². The molecule has 2 rings (SSSR count). The average molecular weight is 337 g/mol. The molecule has 0 aliphatic rings. The molecule has 1 atom stereocenters. The number of benzene rings is 1. The highest BCUT2D eigenvalue weighted by Gasteiger charge is 2.17. The SMILES string of the molecule is CC(C)COc1ccc(S(=O)(=O)NC(C)Cn2cccn2)cc1. The lowest BCUT2D eigenvalue weighted by atomic mass is 10.2. The quantitative estimate of drug-likeness (QED) is 0.802. The molecule has 0 aliphatic carbocycles. The predicted octanol–water partition coefficient (Wildman–Crippen LogP) is 2.28. The van der Waals surface area contributed by atoms with Crippen molar-refractivity contribution in [2.45, 2.75) is 38.3 Å². The minimum atomic E-state index is -3.56. The van der Waals surface area contributed by atoms with Crippen molar-refractivity contribution < 1.29 is 13.2 Å². The number of nitrogens with one attached hydrogen (secondary N) is 1.